The van der Waals surface area contributed by atoms with Crippen LogP contribution in [0.15, 0.2) is 35.4 Å². The van der Waals surface area contributed by atoms with E-state index in [2.05, 4.69) is 18.8 Å². The smallest absolute Gasteiger partial charge is 0.150 e. The highest BCUT2D eigenvalue weighted by molar-refractivity contribution is 7.99. The zero-order chi connectivity index (χ0) is 19.4. The van der Waals surface area contributed by atoms with Gasteiger partial charge < -0.3 is 9.69 Å². The van der Waals surface area contributed by atoms with Gasteiger partial charge in [0.2, 0.25) is 0 Å². The van der Waals surface area contributed by atoms with Crippen LogP contribution in [-0.4, -0.2) is 29.6 Å². The molecule has 0 unspecified atom stereocenters. The van der Waals surface area contributed by atoms with Gasteiger partial charge in [-0.05, 0) is 43.0 Å². The lowest BCUT2D eigenvalue weighted by molar-refractivity contribution is -0.108. The highest BCUT2D eigenvalue weighted by Gasteiger charge is 2.24. The second-order valence-electron chi connectivity index (χ2n) is 7.15. The minimum atomic E-state index is -0.567. The number of aromatic nitrogens is 1. The Bertz CT molecular complexity index is 782. The molecule has 3 nitrogen and oxygen atoms in total. The molecule has 0 N–H and O–H groups in total. The van der Waals surface area contributed by atoms with Gasteiger partial charge in [0.15, 0.2) is 0 Å². The lowest BCUT2D eigenvalue weighted by atomic mass is 9.93. The fourth-order valence-corrected chi connectivity index (χ4v) is 4.22. The standard InChI is InChI=1S/C21H24F2N2OS/c1-14(2)27-20-5-3-4-19(24-20)16-12-17(22)21(18(23)13-16)25-9-6-15(7-10-25)8-11-26/h3-5,11-15H,6-10H2,1-2H3. The molecule has 1 aliphatic heterocycles. The summed E-state index contributed by atoms with van der Waals surface area (Å²) in [6.07, 6.45) is 2.99. The third-order valence-electron chi connectivity index (χ3n) is 4.75. The molecule has 0 amide bonds. The molecule has 1 aromatic carbocycles. The third-order valence-corrected chi connectivity index (χ3v) is 5.69. The predicted molar refractivity (Wildman–Crippen MR) is 106 cm³/mol. The largest absolute Gasteiger partial charge is 0.367 e. The summed E-state index contributed by atoms with van der Waals surface area (Å²) in [5.74, 6) is -0.820. The van der Waals surface area contributed by atoms with Crippen molar-refractivity contribution in [2.45, 2.75) is 43.4 Å². The van der Waals surface area contributed by atoms with Gasteiger partial charge in [-0.2, -0.15) is 0 Å². The number of piperidine rings is 1. The number of nitrogens with zero attached hydrogens (tertiary/aromatic N) is 2. The number of pyridine rings is 1. The molecular formula is C21H24F2N2OS. The van der Waals surface area contributed by atoms with Gasteiger partial charge in [0, 0.05) is 30.3 Å². The Morgan fingerprint density at radius 3 is 2.48 bits per heavy atom. The number of rotatable bonds is 6. The first-order valence-corrected chi connectivity index (χ1v) is 10.2. The van der Waals surface area contributed by atoms with Crippen LogP contribution < -0.4 is 4.90 Å². The van der Waals surface area contributed by atoms with E-state index in [0.29, 0.717) is 41.9 Å². The van der Waals surface area contributed by atoms with Gasteiger partial charge in [-0.3, -0.25) is 0 Å². The quantitative estimate of drug-likeness (QED) is 0.493. The van der Waals surface area contributed by atoms with Gasteiger partial charge >= 0.3 is 0 Å². The second-order valence-corrected chi connectivity index (χ2v) is 8.75. The maximum Gasteiger partial charge on any atom is 0.150 e. The highest BCUT2D eigenvalue weighted by Crippen LogP contribution is 2.33. The van der Waals surface area contributed by atoms with Gasteiger partial charge in [-0.1, -0.05) is 19.9 Å². The number of hydrogen-bond acceptors (Lipinski definition) is 4. The van der Waals surface area contributed by atoms with Gasteiger partial charge in [0.05, 0.1) is 10.7 Å². The number of carbonyl (C=O) groups excluding carboxylic acids is 1. The molecule has 1 aliphatic rings. The molecule has 0 aliphatic carbocycles. The van der Waals surface area contributed by atoms with Crippen molar-refractivity contribution in [2.24, 2.45) is 5.92 Å². The number of halogens is 2. The minimum absolute atomic E-state index is 0.0241. The van der Waals surface area contributed by atoms with E-state index in [1.54, 1.807) is 22.7 Å². The van der Waals surface area contributed by atoms with Crippen LogP contribution in [0.3, 0.4) is 0 Å². The minimum Gasteiger partial charge on any atom is -0.367 e. The van der Waals surface area contributed by atoms with Crippen molar-refractivity contribution in [1.29, 1.82) is 0 Å². The number of thioether (sulfide) groups is 1. The lowest BCUT2D eigenvalue weighted by Crippen LogP contribution is -2.35. The normalized spacial score (nSPS) is 15.4. The van der Waals surface area contributed by atoms with Crippen LogP contribution >= 0.6 is 11.8 Å². The van der Waals surface area contributed by atoms with Gasteiger partial charge in [-0.15, -0.1) is 11.8 Å². The highest BCUT2D eigenvalue weighted by atomic mass is 32.2. The average molecular weight is 390 g/mol. The Kier molecular flexibility index (Phi) is 6.47. The summed E-state index contributed by atoms with van der Waals surface area (Å²) >= 11 is 1.61. The molecule has 1 saturated heterocycles. The molecule has 3 rings (SSSR count). The Morgan fingerprint density at radius 1 is 1.22 bits per heavy atom. The molecule has 0 atom stereocenters. The van der Waals surface area contributed by atoms with E-state index in [4.69, 9.17) is 0 Å². The van der Waals surface area contributed by atoms with Gasteiger partial charge in [0.1, 0.15) is 23.6 Å². The van der Waals surface area contributed by atoms with Crippen LogP contribution in [0.25, 0.3) is 11.3 Å². The van der Waals surface area contributed by atoms with E-state index in [-0.39, 0.29) is 5.69 Å². The zero-order valence-corrected chi connectivity index (χ0v) is 16.4. The first-order chi connectivity index (χ1) is 13.0. The number of anilines is 1. The lowest BCUT2D eigenvalue weighted by Gasteiger charge is -2.33. The Hall–Kier alpha value is -1.95. The SMILES string of the molecule is CC(C)Sc1cccc(-c2cc(F)c(N3CCC(CC=O)CC3)c(F)c2)n1. The Morgan fingerprint density at radius 2 is 1.89 bits per heavy atom. The first kappa shape index (κ1) is 19.8. The number of hydrogen-bond donors (Lipinski definition) is 0. The predicted octanol–water partition coefficient (Wildman–Crippen LogP) is 5.33. The maximum absolute atomic E-state index is 14.8. The van der Waals surface area contributed by atoms with Crippen LogP contribution in [0.2, 0.25) is 0 Å². The zero-order valence-electron chi connectivity index (χ0n) is 15.6. The van der Waals surface area contributed by atoms with Crippen molar-refractivity contribution >= 4 is 23.7 Å². The first-order valence-electron chi connectivity index (χ1n) is 9.29. The second kappa shape index (κ2) is 8.83. The summed E-state index contributed by atoms with van der Waals surface area (Å²) in [5.41, 5.74) is 1.03. The van der Waals surface area contributed by atoms with E-state index >= 15 is 0 Å². The van der Waals surface area contributed by atoms with Crippen LogP contribution in [0.1, 0.15) is 33.1 Å². The van der Waals surface area contributed by atoms with E-state index in [9.17, 15) is 13.6 Å². The molecule has 144 valence electrons. The molecule has 0 radical (unpaired) electrons. The van der Waals surface area contributed by atoms with Crippen LogP contribution in [-0.2, 0) is 4.79 Å². The summed E-state index contributed by atoms with van der Waals surface area (Å²) < 4.78 is 29.5. The Labute approximate surface area is 163 Å². The van der Waals surface area contributed by atoms with Crippen molar-refractivity contribution in [2.75, 3.05) is 18.0 Å². The van der Waals surface area contributed by atoms with Crippen molar-refractivity contribution in [3.63, 3.8) is 0 Å². The third kappa shape index (κ3) is 4.86. The van der Waals surface area contributed by atoms with Crippen LogP contribution in [0.5, 0.6) is 0 Å². The van der Waals surface area contributed by atoms with E-state index in [0.717, 1.165) is 24.2 Å². The molecule has 27 heavy (non-hydrogen) atoms. The molecule has 0 saturated carbocycles. The number of aldehydes is 1. The Balaban J connectivity index is 1.82. The van der Waals surface area contributed by atoms with Crippen molar-refractivity contribution in [1.82, 2.24) is 4.98 Å². The van der Waals surface area contributed by atoms with E-state index in [1.807, 2.05) is 12.1 Å². The fraction of sp³-hybridized carbons (Fsp3) is 0.429. The molecule has 0 bridgehead atoms. The molecule has 1 aromatic heterocycles. The average Bonchev–Trinajstić information content (AvgIpc) is 2.62. The molecule has 2 heterocycles. The molecule has 1 fully saturated rings. The van der Waals surface area contributed by atoms with E-state index < -0.39 is 11.6 Å². The van der Waals surface area contributed by atoms with Crippen LogP contribution in [0.4, 0.5) is 14.5 Å². The van der Waals surface area contributed by atoms with Crippen molar-refractivity contribution in [3.8, 4) is 11.3 Å². The summed E-state index contributed by atoms with van der Waals surface area (Å²) in [4.78, 5) is 16.9. The summed E-state index contributed by atoms with van der Waals surface area (Å²) in [5, 5.41) is 1.22. The monoisotopic (exact) mass is 390 g/mol. The van der Waals surface area contributed by atoms with Crippen molar-refractivity contribution < 1.29 is 13.6 Å². The topological polar surface area (TPSA) is 33.2 Å². The van der Waals surface area contributed by atoms with Crippen molar-refractivity contribution in [3.05, 3.63) is 42.0 Å². The summed E-state index contributed by atoms with van der Waals surface area (Å²) in [6, 6.07) is 8.25. The summed E-state index contributed by atoms with van der Waals surface area (Å²) in [7, 11) is 0. The summed E-state index contributed by atoms with van der Waals surface area (Å²) in [6.45, 7) is 5.27. The fourth-order valence-electron chi connectivity index (χ4n) is 3.43. The molecule has 0 spiro atoms. The van der Waals surface area contributed by atoms with Crippen LogP contribution in [0, 0.1) is 17.6 Å². The van der Waals surface area contributed by atoms with E-state index in [1.165, 1.54) is 12.1 Å². The molecular weight excluding hydrogens is 366 g/mol. The van der Waals surface area contributed by atoms with Gasteiger partial charge in [0.25, 0.3) is 0 Å². The molecule has 2 aromatic rings. The van der Waals surface area contributed by atoms with Gasteiger partial charge in [-0.25, -0.2) is 13.8 Å². The number of carbonyl (C=O) groups is 1. The maximum atomic E-state index is 14.8. The molecule has 6 heteroatoms. The number of benzene rings is 1.